The number of nitrogens with zero attached hydrogens (tertiary/aromatic N) is 4. The third-order valence-corrected chi connectivity index (χ3v) is 4.15. The van der Waals surface area contributed by atoms with Crippen LogP contribution in [0.4, 0.5) is 5.69 Å². The molecule has 0 spiro atoms. The molecule has 0 unspecified atom stereocenters. The minimum atomic E-state index is -0.812. The van der Waals surface area contributed by atoms with Gasteiger partial charge < -0.3 is 15.3 Å². The van der Waals surface area contributed by atoms with Gasteiger partial charge in [-0.15, -0.1) is 0 Å². The molecule has 114 valence electrons. The minimum absolute atomic E-state index is 0.0884. The zero-order chi connectivity index (χ0) is 15.5. The number of fused-ring (bicyclic) bond motifs is 1. The Hall–Kier alpha value is -2.22. The van der Waals surface area contributed by atoms with Crippen LogP contribution in [0, 0.1) is 0 Å². The van der Waals surface area contributed by atoms with Gasteiger partial charge in [-0.2, -0.15) is 0 Å². The lowest BCUT2D eigenvalue weighted by atomic mass is 10.2. The van der Waals surface area contributed by atoms with Crippen molar-refractivity contribution in [1.29, 1.82) is 0 Å². The Morgan fingerprint density at radius 1 is 1.36 bits per heavy atom. The van der Waals surface area contributed by atoms with Crippen molar-refractivity contribution in [2.24, 2.45) is 4.99 Å². The van der Waals surface area contributed by atoms with Crippen LogP contribution < -0.4 is 5.32 Å². The number of aliphatic imine (C=N–C) groups is 1. The van der Waals surface area contributed by atoms with Crippen molar-refractivity contribution in [3.05, 3.63) is 29.0 Å². The summed E-state index contributed by atoms with van der Waals surface area (Å²) in [5.74, 6) is -0.126. The molecule has 2 heterocycles. The van der Waals surface area contributed by atoms with E-state index in [1.807, 2.05) is 17.0 Å². The fourth-order valence-electron chi connectivity index (χ4n) is 2.27. The Balaban J connectivity index is 1.80. The van der Waals surface area contributed by atoms with Crippen LogP contribution in [0.3, 0.4) is 0 Å². The number of halogens is 1. The van der Waals surface area contributed by atoms with Gasteiger partial charge in [-0.05, 0) is 28.1 Å². The molecule has 0 atom stereocenters. The number of carbonyl (C=O) groups is 1. The van der Waals surface area contributed by atoms with Crippen molar-refractivity contribution in [2.75, 3.05) is 25.0 Å². The summed E-state index contributed by atoms with van der Waals surface area (Å²) in [6.45, 7) is 1.82. The second-order valence-corrected chi connectivity index (χ2v) is 5.61. The summed E-state index contributed by atoms with van der Waals surface area (Å²) in [4.78, 5) is 25.6. The van der Waals surface area contributed by atoms with Gasteiger partial charge in [0, 0.05) is 25.5 Å². The summed E-state index contributed by atoms with van der Waals surface area (Å²) >= 11 is 3.54. The molecular formula is C14H14BrN5O2. The molecule has 7 nitrogen and oxygen atoms in total. The van der Waals surface area contributed by atoms with E-state index in [4.69, 9.17) is 5.11 Å². The summed E-state index contributed by atoms with van der Waals surface area (Å²) in [6.07, 6.45) is 3.38. The molecule has 1 aliphatic rings. The molecule has 0 bridgehead atoms. The smallest absolute Gasteiger partial charge is 0.305 e. The number of hydrogen-bond acceptors (Lipinski definition) is 6. The van der Waals surface area contributed by atoms with Gasteiger partial charge in [0.05, 0.1) is 28.6 Å². The van der Waals surface area contributed by atoms with Crippen LogP contribution in [-0.4, -0.2) is 51.5 Å². The van der Waals surface area contributed by atoms with Crippen molar-refractivity contribution in [3.8, 4) is 0 Å². The van der Waals surface area contributed by atoms with E-state index in [9.17, 15) is 4.79 Å². The largest absolute Gasteiger partial charge is 0.481 e. The maximum atomic E-state index is 10.7. The number of anilines is 1. The first-order chi connectivity index (χ1) is 10.6. The normalized spacial score (nSPS) is 14.2. The predicted molar refractivity (Wildman–Crippen MR) is 87.0 cm³/mol. The highest BCUT2D eigenvalue weighted by Crippen LogP contribution is 2.29. The van der Waals surface area contributed by atoms with E-state index in [-0.39, 0.29) is 6.42 Å². The number of aliphatic carboxylic acids is 1. The molecule has 1 aromatic carbocycles. The highest BCUT2D eigenvalue weighted by molar-refractivity contribution is 9.10. The van der Waals surface area contributed by atoms with Crippen molar-refractivity contribution in [2.45, 2.75) is 6.42 Å². The summed E-state index contributed by atoms with van der Waals surface area (Å²) in [6, 6.07) is 3.78. The Labute approximate surface area is 135 Å². The second-order valence-electron chi connectivity index (χ2n) is 4.81. The number of hydrogen-bond donors (Lipinski definition) is 2. The average Bonchev–Trinajstić information content (AvgIpc) is 2.95. The molecule has 0 radical (unpaired) electrons. The summed E-state index contributed by atoms with van der Waals surface area (Å²) in [7, 11) is 0. The van der Waals surface area contributed by atoms with E-state index in [1.54, 1.807) is 12.4 Å². The fraction of sp³-hybridized carbons (Fsp3) is 0.286. The molecule has 0 saturated heterocycles. The first-order valence-corrected chi connectivity index (χ1v) is 7.62. The van der Waals surface area contributed by atoms with Crippen LogP contribution in [0.5, 0.6) is 0 Å². The van der Waals surface area contributed by atoms with Gasteiger partial charge in [-0.1, -0.05) is 0 Å². The summed E-state index contributed by atoms with van der Waals surface area (Å²) in [5, 5.41) is 12.0. The van der Waals surface area contributed by atoms with Crippen LogP contribution in [0.1, 0.15) is 6.42 Å². The number of guanidine groups is 1. The molecular weight excluding hydrogens is 350 g/mol. The molecule has 3 rings (SSSR count). The maximum Gasteiger partial charge on any atom is 0.305 e. The molecule has 0 amide bonds. The van der Waals surface area contributed by atoms with Crippen LogP contribution in [-0.2, 0) is 4.79 Å². The van der Waals surface area contributed by atoms with Gasteiger partial charge >= 0.3 is 5.97 Å². The van der Waals surface area contributed by atoms with Gasteiger partial charge in [0.1, 0.15) is 5.52 Å². The fourth-order valence-corrected chi connectivity index (χ4v) is 2.81. The average molecular weight is 364 g/mol. The number of nitrogens with one attached hydrogen (secondary N) is 1. The number of rotatable bonds is 4. The molecule has 8 heteroatoms. The summed E-state index contributed by atoms with van der Waals surface area (Å²) in [5.41, 5.74) is 2.40. The lowest BCUT2D eigenvalue weighted by Crippen LogP contribution is -2.34. The van der Waals surface area contributed by atoms with Gasteiger partial charge in [-0.25, -0.2) is 0 Å². The number of carboxylic acids is 1. The maximum absolute atomic E-state index is 10.7. The minimum Gasteiger partial charge on any atom is -0.481 e. The number of carboxylic acid groups (broad SMARTS) is 1. The van der Waals surface area contributed by atoms with E-state index in [2.05, 4.69) is 36.2 Å². The first-order valence-electron chi connectivity index (χ1n) is 6.82. The Bertz CT molecular complexity index is 749. The van der Waals surface area contributed by atoms with E-state index in [0.717, 1.165) is 27.7 Å². The molecule has 1 aliphatic heterocycles. The Kier molecular flexibility index (Phi) is 4.19. The van der Waals surface area contributed by atoms with E-state index in [0.29, 0.717) is 19.0 Å². The van der Waals surface area contributed by atoms with Crippen LogP contribution in [0.25, 0.3) is 11.0 Å². The van der Waals surface area contributed by atoms with Crippen LogP contribution >= 0.6 is 15.9 Å². The van der Waals surface area contributed by atoms with E-state index < -0.39 is 5.97 Å². The van der Waals surface area contributed by atoms with Crippen molar-refractivity contribution < 1.29 is 9.90 Å². The van der Waals surface area contributed by atoms with Gasteiger partial charge in [0.2, 0.25) is 0 Å². The van der Waals surface area contributed by atoms with Gasteiger partial charge in [-0.3, -0.25) is 19.8 Å². The van der Waals surface area contributed by atoms with Crippen molar-refractivity contribution >= 4 is 44.6 Å². The predicted octanol–water partition coefficient (Wildman–Crippen LogP) is 1.95. The van der Waals surface area contributed by atoms with E-state index >= 15 is 0 Å². The number of aromatic nitrogens is 2. The van der Waals surface area contributed by atoms with Gasteiger partial charge in [0.25, 0.3) is 0 Å². The Morgan fingerprint density at radius 2 is 2.18 bits per heavy atom. The van der Waals surface area contributed by atoms with Crippen LogP contribution in [0.15, 0.2) is 34.0 Å². The van der Waals surface area contributed by atoms with Crippen LogP contribution in [0.2, 0.25) is 0 Å². The van der Waals surface area contributed by atoms with E-state index in [1.165, 1.54) is 0 Å². The SMILES string of the molecule is O=C(O)CCN1CCN=C1Nc1ccc2nccnc2c1Br. The molecule has 2 aromatic rings. The second kappa shape index (κ2) is 6.27. The molecule has 22 heavy (non-hydrogen) atoms. The molecule has 0 aliphatic carbocycles. The molecule has 0 fully saturated rings. The highest BCUT2D eigenvalue weighted by Gasteiger charge is 2.19. The lowest BCUT2D eigenvalue weighted by Gasteiger charge is -2.20. The summed E-state index contributed by atoms with van der Waals surface area (Å²) < 4.78 is 0.811. The van der Waals surface area contributed by atoms with Crippen molar-refractivity contribution in [1.82, 2.24) is 14.9 Å². The quantitative estimate of drug-likeness (QED) is 0.862. The molecule has 1 aromatic heterocycles. The van der Waals surface area contributed by atoms with Crippen molar-refractivity contribution in [3.63, 3.8) is 0 Å². The molecule has 0 saturated carbocycles. The third kappa shape index (κ3) is 3.01. The highest BCUT2D eigenvalue weighted by atomic mass is 79.9. The monoisotopic (exact) mass is 363 g/mol. The standard InChI is InChI=1S/C14H14BrN5O2/c15-12-9(1-2-10-13(12)17-5-4-16-10)19-14-18-6-8-20(14)7-3-11(21)22/h1-2,4-5H,3,6-8H2,(H,18,19)(H,21,22). The topological polar surface area (TPSA) is 90.7 Å². The first kappa shape index (κ1) is 14.7. The Morgan fingerprint density at radius 3 is 3.00 bits per heavy atom. The zero-order valence-electron chi connectivity index (χ0n) is 11.7. The lowest BCUT2D eigenvalue weighted by molar-refractivity contribution is -0.137. The zero-order valence-corrected chi connectivity index (χ0v) is 13.2. The molecule has 2 N–H and O–H groups in total. The number of benzene rings is 1. The van der Waals surface area contributed by atoms with Gasteiger partial charge in [0.15, 0.2) is 5.96 Å². The third-order valence-electron chi connectivity index (χ3n) is 3.35.